The van der Waals surface area contributed by atoms with Crippen LogP contribution in [0, 0.1) is 175 Å². The van der Waals surface area contributed by atoms with Crippen molar-refractivity contribution in [2.24, 2.45) is 0 Å². The minimum absolute atomic E-state index is 0.472. The predicted octanol–water partition coefficient (Wildman–Crippen LogP) is 12.4. The van der Waals surface area contributed by atoms with Crippen LogP contribution in [0.2, 0.25) is 0 Å². The Bertz CT molecular complexity index is 2480. The predicted molar refractivity (Wildman–Crippen MR) is 181 cm³/mol. The summed E-state index contributed by atoms with van der Waals surface area (Å²) in [5.74, 6) is -89.8. The Balaban J connectivity index is 0.000000292. The van der Waals surface area contributed by atoms with Gasteiger partial charge >= 0.3 is 35.3 Å². The quantitative estimate of drug-likeness (QED) is 0.0675. The molecule has 0 saturated carbocycles. The first-order valence-corrected chi connectivity index (χ1v) is 24.6. The number of hydrogen-bond acceptors (Lipinski definition) is 0. The van der Waals surface area contributed by atoms with Gasteiger partial charge in [-0.05, 0) is 0 Å². The van der Waals surface area contributed by atoms with Gasteiger partial charge in [0.05, 0.1) is 31.8 Å². The third-order valence-corrected chi connectivity index (χ3v) is 13.5. The van der Waals surface area contributed by atoms with Crippen molar-refractivity contribution in [1.29, 1.82) is 0 Å². The van der Waals surface area contributed by atoms with Crippen LogP contribution in [0.25, 0.3) is 0 Å². The summed E-state index contributed by atoms with van der Waals surface area (Å²) in [6.07, 6.45) is 0. The van der Waals surface area contributed by atoms with E-state index in [1.165, 1.54) is 0 Å². The summed E-state index contributed by atoms with van der Waals surface area (Å²) >= 11 is -0.472. The second-order valence-corrected chi connectivity index (χ2v) is 19.5. The Labute approximate surface area is 388 Å². The standard InChI is InChI=1S/2C18F15P.2ClH.Pt/c2*19-1-4(22)10(28)16(11(29)5(1)23)34(17-12(30)6(24)2(20)7(25)13(17)31)18-14(32)8(26)3(21)9(27)15(18)33;;;/h;;2*1H;/q;;;;+2/p-2. The van der Waals surface area contributed by atoms with E-state index >= 15 is 0 Å². The van der Waals surface area contributed by atoms with Crippen LogP contribution in [0.5, 0.6) is 0 Å². The van der Waals surface area contributed by atoms with E-state index < -0.39 is 239 Å². The molecular weight excluding hydrogens is 1330 g/mol. The molecule has 71 heavy (non-hydrogen) atoms. The van der Waals surface area contributed by atoms with Gasteiger partial charge in [-0.15, -0.1) is 0 Å². The van der Waals surface area contributed by atoms with E-state index in [1.807, 2.05) is 0 Å². The molecule has 0 heterocycles. The Kier molecular flexibility index (Phi) is 18.4. The van der Waals surface area contributed by atoms with Crippen LogP contribution in [0.15, 0.2) is 0 Å². The van der Waals surface area contributed by atoms with Gasteiger partial charge < -0.3 is 0 Å². The van der Waals surface area contributed by atoms with Gasteiger partial charge in [0.1, 0.15) is 0 Å². The van der Waals surface area contributed by atoms with Crippen LogP contribution in [0.1, 0.15) is 0 Å². The fraction of sp³-hybridized carbons (Fsp3) is 0. The van der Waals surface area contributed by atoms with Gasteiger partial charge in [0, 0.05) is 15.8 Å². The van der Waals surface area contributed by atoms with Gasteiger partial charge in [-0.2, -0.15) is 0 Å². The van der Waals surface area contributed by atoms with Crippen LogP contribution >= 0.6 is 34.7 Å². The second-order valence-electron chi connectivity index (χ2n) is 12.2. The molecule has 0 fully saturated rings. The third-order valence-electron chi connectivity index (χ3n) is 8.46. The Hall–Kier alpha value is -4.65. The second kappa shape index (κ2) is 22.2. The maximum absolute atomic E-state index is 14.4. The molecule has 0 N–H and O–H groups in total. The van der Waals surface area contributed by atoms with Gasteiger partial charge in [-0.1, -0.05) is 0 Å². The van der Waals surface area contributed by atoms with E-state index in [2.05, 4.69) is 0 Å². The SMILES string of the molecule is Fc1c(F)c(F)c(P(c2c(F)c(F)c(F)c(F)c2F)c2c(F)c(F)c(F)c(F)c2F)c(F)c1F.Fc1c(F)c(F)c(P(c2c(F)c(F)c(F)c(F)c2F)c2c(F)c(F)c(F)c(F)c2F)c(F)c1F.[Cl][Pt][Cl]. The van der Waals surface area contributed by atoms with Crippen LogP contribution in [0.4, 0.5) is 132 Å². The molecule has 0 aliphatic heterocycles. The first-order chi connectivity index (χ1) is 32.7. The van der Waals surface area contributed by atoms with Crippen LogP contribution in [0.3, 0.4) is 0 Å². The molecule has 0 atom stereocenters. The van der Waals surface area contributed by atoms with Crippen molar-refractivity contribution in [3.05, 3.63) is 175 Å². The summed E-state index contributed by atoms with van der Waals surface area (Å²) in [7, 11) is -0.0407. The van der Waals surface area contributed by atoms with Crippen molar-refractivity contribution in [3.63, 3.8) is 0 Å². The van der Waals surface area contributed by atoms with Crippen molar-refractivity contribution in [3.8, 4) is 0 Å². The molecule has 6 aromatic rings. The number of halogens is 32. The first kappa shape index (κ1) is 58.9. The van der Waals surface area contributed by atoms with Crippen LogP contribution in [-0.2, 0) is 16.5 Å². The molecule has 35 heteroatoms. The van der Waals surface area contributed by atoms with E-state index in [9.17, 15) is 132 Å². The van der Waals surface area contributed by atoms with Gasteiger partial charge in [0.2, 0.25) is 34.9 Å². The molecule has 0 spiro atoms. The van der Waals surface area contributed by atoms with Crippen molar-refractivity contribution in [1.82, 2.24) is 0 Å². The topological polar surface area (TPSA) is 0 Å². The summed E-state index contributed by atoms with van der Waals surface area (Å²) in [4.78, 5) is 0. The monoisotopic (exact) mass is 1330 g/mol. The molecule has 6 rings (SSSR count). The minimum atomic E-state index is -4.90. The Morgan fingerprint density at radius 1 is 0.155 bits per heavy atom. The van der Waals surface area contributed by atoms with Gasteiger partial charge in [-0.3, -0.25) is 0 Å². The van der Waals surface area contributed by atoms with E-state index in [0.717, 1.165) is 0 Å². The molecule has 0 unspecified atom stereocenters. The zero-order chi connectivity index (χ0) is 54.6. The summed E-state index contributed by atoms with van der Waals surface area (Å²) in [5, 5.41) is -15.7. The summed E-state index contributed by atoms with van der Waals surface area (Å²) in [5.41, 5.74) is 0. The van der Waals surface area contributed by atoms with Crippen molar-refractivity contribution >= 4 is 66.5 Å². The zero-order valence-electron chi connectivity index (χ0n) is 31.3. The summed E-state index contributed by atoms with van der Waals surface area (Å²) < 4.78 is 417. The first-order valence-electron chi connectivity index (χ1n) is 16.3. The number of benzene rings is 6. The molecular formula is C36Cl2F30P2Pt. The van der Waals surface area contributed by atoms with E-state index in [1.54, 1.807) is 0 Å². The van der Waals surface area contributed by atoms with Gasteiger partial charge in [0.25, 0.3) is 0 Å². The van der Waals surface area contributed by atoms with E-state index in [-0.39, 0.29) is 0 Å². The van der Waals surface area contributed by atoms with Crippen molar-refractivity contribution < 1.29 is 148 Å². The molecule has 6 aromatic carbocycles. The number of hydrogen-bond donors (Lipinski definition) is 0. The fourth-order valence-corrected chi connectivity index (χ4v) is 10.3. The molecule has 0 aliphatic rings. The Morgan fingerprint density at radius 2 is 0.211 bits per heavy atom. The molecule has 0 aromatic heterocycles. The van der Waals surface area contributed by atoms with Gasteiger partial charge in [-0.25, -0.2) is 132 Å². The van der Waals surface area contributed by atoms with Gasteiger partial charge in [0.15, 0.2) is 140 Å². The van der Waals surface area contributed by atoms with Crippen molar-refractivity contribution in [2.45, 2.75) is 0 Å². The molecule has 0 radical (unpaired) electrons. The fourth-order valence-electron chi connectivity index (χ4n) is 5.41. The van der Waals surface area contributed by atoms with E-state index in [0.29, 0.717) is 0 Å². The summed E-state index contributed by atoms with van der Waals surface area (Å²) in [6.45, 7) is 0. The van der Waals surface area contributed by atoms with Crippen LogP contribution < -0.4 is 31.8 Å². The maximum atomic E-state index is 14.4. The molecule has 0 amide bonds. The molecule has 0 aliphatic carbocycles. The summed E-state index contributed by atoms with van der Waals surface area (Å²) in [6, 6.07) is 0. The Morgan fingerprint density at radius 3 is 0.282 bits per heavy atom. The molecule has 0 nitrogen and oxygen atoms in total. The zero-order valence-corrected chi connectivity index (χ0v) is 36.9. The van der Waals surface area contributed by atoms with Crippen molar-refractivity contribution in [2.75, 3.05) is 0 Å². The molecule has 388 valence electrons. The average Bonchev–Trinajstić information content (AvgIpc) is 3.34. The average molecular weight is 1330 g/mol. The number of rotatable bonds is 6. The van der Waals surface area contributed by atoms with E-state index in [4.69, 9.17) is 18.8 Å². The third kappa shape index (κ3) is 9.83. The molecule has 0 bridgehead atoms. The van der Waals surface area contributed by atoms with Crippen LogP contribution in [-0.4, -0.2) is 0 Å². The molecule has 0 saturated heterocycles. The normalized spacial score (nSPS) is 11.5.